The van der Waals surface area contributed by atoms with E-state index in [9.17, 15) is 35.2 Å². The van der Waals surface area contributed by atoms with Crippen LogP contribution in [0.2, 0.25) is 5.02 Å². The molecule has 2 aliphatic heterocycles. The number of para-hydroxylation sites is 2. The Bertz CT molecular complexity index is 2320. The lowest BCUT2D eigenvalue weighted by molar-refractivity contribution is -0.144. The van der Waals surface area contributed by atoms with Gasteiger partial charge in [0, 0.05) is 26.9 Å². The van der Waals surface area contributed by atoms with Gasteiger partial charge in [-0.3, -0.25) is 18.2 Å². The third-order valence-corrected chi connectivity index (χ3v) is 15.3. The highest BCUT2D eigenvalue weighted by Gasteiger charge is 2.37. The van der Waals surface area contributed by atoms with Crippen molar-refractivity contribution in [1.29, 1.82) is 0 Å². The van der Waals surface area contributed by atoms with Crippen LogP contribution in [0.5, 0.6) is 0 Å². The number of ether oxygens (including phenoxy) is 2. The molecule has 2 atom stereocenters. The van der Waals surface area contributed by atoms with Crippen molar-refractivity contribution in [2.45, 2.75) is 107 Å². The molecule has 6 rings (SSSR count). The van der Waals surface area contributed by atoms with E-state index in [-0.39, 0.29) is 26.8 Å². The molecule has 2 aliphatic rings. The standard InChI is InChI=1S/C24H31FN2O4S.C23H28ClFN2O4S/c1-4-31-23(28)13-7-5-6-10-14-26-24-18-11-8-9-12-21(18)27(3)32(29,30)22-15-17(2)20(25)16-19(22)24;1-3-31-22(28)12-6-4-5-9-13-26-23-16-10-7-8-11-20(16)27(2)32(29,30)21-15-18(24)19(25)14-17(21)23/h8-9,11-12,15-16,24,26H,4-7,10,13-14H2,1-3H3;7-8,10-11,14-15,23,26H,3-6,9,12-13H2,1-2H3. The van der Waals surface area contributed by atoms with Gasteiger partial charge in [0.15, 0.2) is 0 Å². The number of nitrogens with zero attached hydrogens (tertiary/aromatic N) is 2. The zero-order valence-corrected chi connectivity index (χ0v) is 39.5. The van der Waals surface area contributed by atoms with E-state index in [2.05, 4.69) is 10.6 Å². The Balaban J connectivity index is 0.000000241. The number of esters is 2. The quantitative estimate of drug-likeness (QED) is 0.0730. The third kappa shape index (κ3) is 12.0. The number of anilines is 2. The second-order valence-electron chi connectivity index (χ2n) is 15.7. The predicted octanol–water partition coefficient (Wildman–Crippen LogP) is 9.28. The number of hydrogen-bond donors (Lipinski definition) is 2. The van der Waals surface area contributed by atoms with Crippen LogP contribution in [0.15, 0.2) is 82.6 Å². The molecule has 2 N–H and O–H groups in total. The summed E-state index contributed by atoms with van der Waals surface area (Å²) in [5.41, 5.74) is 3.72. The van der Waals surface area contributed by atoms with E-state index in [0.717, 1.165) is 62.5 Å². The maximum absolute atomic E-state index is 14.5. The smallest absolute Gasteiger partial charge is 0.305 e. The predicted molar refractivity (Wildman–Crippen MR) is 246 cm³/mol. The lowest BCUT2D eigenvalue weighted by Gasteiger charge is -2.22. The number of fused-ring (bicyclic) bond motifs is 4. The molecular formula is C47H59ClF2N4O8S2. The van der Waals surface area contributed by atoms with E-state index in [4.69, 9.17) is 21.1 Å². The van der Waals surface area contributed by atoms with Crippen molar-refractivity contribution in [3.63, 3.8) is 0 Å². The molecule has 0 amide bonds. The first-order valence-electron chi connectivity index (χ1n) is 21.8. The van der Waals surface area contributed by atoms with Crippen LogP contribution in [0.1, 0.15) is 118 Å². The van der Waals surface area contributed by atoms with Gasteiger partial charge >= 0.3 is 11.9 Å². The average Bonchev–Trinajstić information content (AvgIpc) is 3.37. The largest absolute Gasteiger partial charge is 0.466 e. The zero-order valence-electron chi connectivity index (χ0n) is 37.1. The lowest BCUT2D eigenvalue weighted by atomic mass is 9.95. The van der Waals surface area contributed by atoms with Crippen molar-refractivity contribution in [2.75, 3.05) is 49.0 Å². The van der Waals surface area contributed by atoms with Gasteiger partial charge < -0.3 is 20.1 Å². The van der Waals surface area contributed by atoms with E-state index in [0.29, 0.717) is 67.2 Å². The highest BCUT2D eigenvalue weighted by atomic mass is 35.5. The number of sulfonamides is 2. The molecule has 4 aromatic rings. The van der Waals surface area contributed by atoms with Gasteiger partial charge in [-0.1, -0.05) is 73.7 Å². The number of carbonyl (C=O) groups is 2. The minimum absolute atomic E-state index is 0.00506. The molecule has 4 aromatic carbocycles. The number of rotatable bonds is 18. The molecule has 0 fully saturated rings. The molecule has 2 unspecified atom stereocenters. The number of hydrogen-bond acceptors (Lipinski definition) is 10. The van der Waals surface area contributed by atoms with Crippen LogP contribution in [-0.4, -0.2) is 69.2 Å². The molecule has 0 aromatic heterocycles. The summed E-state index contributed by atoms with van der Waals surface area (Å²) >= 11 is 5.94. The fraction of sp³-hybridized carbons (Fsp3) is 0.447. The van der Waals surface area contributed by atoms with Gasteiger partial charge in [-0.05, 0) is 124 Å². The van der Waals surface area contributed by atoms with Crippen LogP contribution >= 0.6 is 11.6 Å². The number of carbonyl (C=O) groups excluding carboxylic acids is 2. The molecule has 0 saturated carbocycles. The first kappa shape index (κ1) is 50.4. The molecule has 348 valence electrons. The Morgan fingerprint density at radius 2 is 1.02 bits per heavy atom. The second-order valence-corrected chi connectivity index (χ2v) is 20.0. The molecule has 12 nitrogen and oxygen atoms in total. The van der Waals surface area contributed by atoms with E-state index in [1.54, 1.807) is 45.0 Å². The van der Waals surface area contributed by atoms with Crippen molar-refractivity contribution in [3.8, 4) is 0 Å². The fourth-order valence-corrected chi connectivity index (χ4v) is 11.1. The fourth-order valence-electron chi connectivity index (χ4n) is 7.93. The number of aryl methyl sites for hydroxylation is 1. The lowest BCUT2D eigenvalue weighted by Crippen LogP contribution is -2.26. The number of halogens is 3. The Hall–Kier alpha value is -4.61. The van der Waals surface area contributed by atoms with Crippen molar-refractivity contribution in [3.05, 3.63) is 117 Å². The number of nitrogens with one attached hydrogen (secondary N) is 2. The Morgan fingerprint density at radius 1 is 0.609 bits per heavy atom. The summed E-state index contributed by atoms with van der Waals surface area (Å²) in [5, 5.41) is 6.63. The minimum Gasteiger partial charge on any atom is -0.466 e. The Morgan fingerprint density at radius 3 is 1.47 bits per heavy atom. The summed E-state index contributed by atoms with van der Waals surface area (Å²) in [5.74, 6) is -1.43. The van der Waals surface area contributed by atoms with Gasteiger partial charge in [-0.2, -0.15) is 0 Å². The van der Waals surface area contributed by atoms with Crippen LogP contribution in [0.4, 0.5) is 20.2 Å². The van der Waals surface area contributed by atoms with E-state index in [1.165, 1.54) is 47.0 Å². The summed E-state index contributed by atoms with van der Waals surface area (Å²) in [6.45, 7) is 7.19. The van der Waals surface area contributed by atoms with Crippen LogP contribution < -0.4 is 19.2 Å². The van der Waals surface area contributed by atoms with Gasteiger partial charge in [0.05, 0.1) is 51.5 Å². The van der Waals surface area contributed by atoms with Gasteiger partial charge in [-0.15, -0.1) is 0 Å². The first-order valence-corrected chi connectivity index (χ1v) is 25.0. The highest BCUT2D eigenvalue weighted by molar-refractivity contribution is 7.93. The van der Waals surface area contributed by atoms with Crippen LogP contribution in [0, 0.1) is 18.6 Å². The monoisotopic (exact) mass is 944 g/mol. The molecule has 0 bridgehead atoms. The van der Waals surface area contributed by atoms with E-state index >= 15 is 0 Å². The summed E-state index contributed by atoms with van der Waals surface area (Å²) in [6, 6.07) is 18.7. The molecule has 2 heterocycles. The van der Waals surface area contributed by atoms with Crippen molar-refractivity contribution < 1.29 is 44.7 Å². The zero-order chi connectivity index (χ0) is 46.6. The molecule has 0 aliphatic carbocycles. The molecule has 0 saturated heterocycles. The number of benzene rings is 4. The molecule has 17 heteroatoms. The molecule has 0 spiro atoms. The summed E-state index contributed by atoms with van der Waals surface area (Å²) in [6.07, 6.45) is 7.69. The number of unbranched alkanes of at least 4 members (excludes halogenated alkanes) is 6. The van der Waals surface area contributed by atoms with Gasteiger partial charge in [0.1, 0.15) is 11.6 Å². The normalized spacial score (nSPS) is 16.8. The van der Waals surface area contributed by atoms with Crippen molar-refractivity contribution >= 4 is 55.0 Å². The second kappa shape index (κ2) is 23.0. The first-order chi connectivity index (χ1) is 30.5. The average molecular weight is 946 g/mol. The van der Waals surface area contributed by atoms with Gasteiger partial charge in [0.2, 0.25) is 0 Å². The summed E-state index contributed by atoms with van der Waals surface area (Å²) < 4.78 is 94.3. The van der Waals surface area contributed by atoms with Crippen LogP contribution in [0.3, 0.4) is 0 Å². The van der Waals surface area contributed by atoms with Gasteiger partial charge in [0.25, 0.3) is 20.0 Å². The van der Waals surface area contributed by atoms with Crippen molar-refractivity contribution in [2.24, 2.45) is 0 Å². The molecular weight excluding hydrogens is 886 g/mol. The third-order valence-electron chi connectivity index (χ3n) is 11.3. The Labute approximate surface area is 381 Å². The van der Waals surface area contributed by atoms with Crippen LogP contribution in [-0.2, 0) is 39.1 Å². The topological polar surface area (TPSA) is 151 Å². The highest BCUT2D eigenvalue weighted by Crippen LogP contribution is 2.43. The minimum atomic E-state index is -3.90. The maximum Gasteiger partial charge on any atom is 0.305 e. The maximum atomic E-state index is 14.5. The van der Waals surface area contributed by atoms with Crippen molar-refractivity contribution in [1.82, 2.24) is 10.6 Å². The van der Waals surface area contributed by atoms with Gasteiger partial charge in [-0.25, -0.2) is 25.6 Å². The summed E-state index contributed by atoms with van der Waals surface area (Å²) in [4.78, 5) is 22.9. The SMILES string of the molecule is CCOC(=O)CCCCCCNC1c2ccccc2N(C)S(=O)(=O)c2cc(C)c(F)cc21.CCOC(=O)CCCCCCNC1c2ccccc2N(C)S(=O)(=O)c2cc(Cl)c(F)cc21. The summed E-state index contributed by atoms with van der Waals surface area (Å²) in [7, 11) is -4.70. The molecule has 64 heavy (non-hydrogen) atoms. The Kier molecular flexibility index (Phi) is 18.1. The van der Waals surface area contributed by atoms with E-state index < -0.39 is 43.8 Å². The van der Waals surface area contributed by atoms with Crippen LogP contribution in [0.25, 0.3) is 0 Å². The molecule has 0 radical (unpaired) electrons. The van der Waals surface area contributed by atoms with E-state index in [1.807, 2.05) is 24.3 Å².